The van der Waals surface area contributed by atoms with Gasteiger partial charge in [-0.15, -0.1) is 0 Å². The van der Waals surface area contributed by atoms with Crippen LogP contribution in [0, 0.1) is 0 Å². The van der Waals surface area contributed by atoms with Crippen LogP contribution >= 0.6 is 0 Å². The fourth-order valence-electron chi connectivity index (χ4n) is 1.80. The number of hydrazone groups is 1. The molecule has 0 atom stereocenters. The van der Waals surface area contributed by atoms with Crippen LogP contribution in [0.5, 0.6) is 5.75 Å². The lowest BCUT2D eigenvalue weighted by Gasteiger charge is -2.04. The first-order valence-electron chi connectivity index (χ1n) is 6.98. The smallest absolute Gasteiger partial charge is 0.329 e. The molecule has 0 radical (unpaired) electrons. The number of hydrogen-bond acceptors (Lipinski definition) is 4. The number of benzene rings is 2. The Morgan fingerprint density at radius 2 is 1.87 bits per heavy atom. The third kappa shape index (κ3) is 5.28. The zero-order chi connectivity index (χ0) is 16.5. The number of methoxy groups -OCH3 is 1. The topological polar surface area (TPSA) is 79.8 Å². The van der Waals surface area contributed by atoms with E-state index in [0.29, 0.717) is 5.75 Å². The van der Waals surface area contributed by atoms with Gasteiger partial charge >= 0.3 is 11.8 Å². The third-order valence-corrected chi connectivity index (χ3v) is 2.98. The molecule has 23 heavy (non-hydrogen) atoms. The normalized spacial score (nSPS) is 10.3. The molecule has 118 valence electrons. The van der Waals surface area contributed by atoms with Crippen LogP contribution in [-0.2, 0) is 16.1 Å². The Morgan fingerprint density at radius 3 is 2.61 bits per heavy atom. The molecule has 0 aliphatic carbocycles. The minimum absolute atomic E-state index is 0.284. The minimum Gasteiger partial charge on any atom is -0.497 e. The predicted octanol–water partition coefficient (Wildman–Crippen LogP) is 1.46. The fraction of sp³-hybridized carbons (Fsp3) is 0.118. The first-order chi connectivity index (χ1) is 11.2. The molecule has 0 aliphatic heterocycles. The third-order valence-electron chi connectivity index (χ3n) is 2.98. The highest BCUT2D eigenvalue weighted by Crippen LogP contribution is 2.10. The number of amides is 2. The molecular weight excluding hydrogens is 294 g/mol. The quantitative estimate of drug-likeness (QED) is 0.498. The number of rotatable bonds is 5. The Morgan fingerprint density at radius 1 is 1.09 bits per heavy atom. The number of carbonyl (C=O) groups is 2. The molecule has 0 spiro atoms. The number of nitrogens with zero attached hydrogens (tertiary/aromatic N) is 1. The van der Waals surface area contributed by atoms with Gasteiger partial charge < -0.3 is 10.1 Å². The summed E-state index contributed by atoms with van der Waals surface area (Å²) in [6.07, 6.45) is 1.44. The van der Waals surface area contributed by atoms with Gasteiger partial charge in [0.25, 0.3) is 0 Å². The minimum atomic E-state index is -0.819. The highest BCUT2D eigenvalue weighted by molar-refractivity contribution is 6.35. The summed E-state index contributed by atoms with van der Waals surface area (Å²) in [5, 5.41) is 6.27. The van der Waals surface area contributed by atoms with Crippen molar-refractivity contribution in [3.63, 3.8) is 0 Å². The van der Waals surface area contributed by atoms with Crippen LogP contribution in [0.25, 0.3) is 0 Å². The molecule has 0 aliphatic rings. The number of carbonyl (C=O) groups excluding carboxylic acids is 2. The molecule has 2 amide bonds. The number of nitrogens with one attached hydrogen (secondary N) is 2. The van der Waals surface area contributed by atoms with Gasteiger partial charge in [0.05, 0.1) is 13.3 Å². The summed E-state index contributed by atoms with van der Waals surface area (Å²) >= 11 is 0. The van der Waals surface area contributed by atoms with Crippen LogP contribution in [0.1, 0.15) is 11.1 Å². The fourth-order valence-corrected chi connectivity index (χ4v) is 1.80. The maximum Gasteiger partial charge on any atom is 0.329 e. The van der Waals surface area contributed by atoms with Gasteiger partial charge in [-0.05, 0) is 23.3 Å². The second kappa shape index (κ2) is 8.33. The second-order valence-electron chi connectivity index (χ2n) is 4.64. The van der Waals surface area contributed by atoms with Crippen LogP contribution < -0.4 is 15.5 Å². The zero-order valence-electron chi connectivity index (χ0n) is 12.7. The maximum absolute atomic E-state index is 11.6. The van der Waals surface area contributed by atoms with E-state index in [-0.39, 0.29) is 6.54 Å². The van der Waals surface area contributed by atoms with Crippen molar-refractivity contribution in [3.8, 4) is 5.75 Å². The van der Waals surface area contributed by atoms with Crippen LogP contribution in [0.4, 0.5) is 0 Å². The van der Waals surface area contributed by atoms with Crippen molar-refractivity contribution in [1.29, 1.82) is 0 Å². The van der Waals surface area contributed by atoms with Crippen molar-refractivity contribution < 1.29 is 14.3 Å². The van der Waals surface area contributed by atoms with E-state index in [1.54, 1.807) is 31.4 Å². The van der Waals surface area contributed by atoms with Crippen LogP contribution in [0.15, 0.2) is 59.7 Å². The highest BCUT2D eigenvalue weighted by atomic mass is 16.5. The zero-order valence-corrected chi connectivity index (χ0v) is 12.7. The Kier molecular flexibility index (Phi) is 5.88. The lowest BCUT2D eigenvalue weighted by atomic mass is 10.2. The van der Waals surface area contributed by atoms with Gasteiger partial charge in [0.15, 0.2) is 0 Å². The Bertz CT molecular complexity index is 699. The van der Waals surface area contributed by atoms with Gasteiger partial charge in [0.1, 0.15) is 5.75 Å². The Labute approximate surface area is 134 Å². The first-order valence-corrected chi connectivity index (χ1v) is 6.98. The molecule has 0 fully saturated rings. The molecule has 0 aromatic heterocycles. The van der Waals surface area contributed by atoms with E-state index < -0.39 is 11.8 Å². The first kappa shape index (κ1) is 16.2. The van der Waals surface area contributed by atoms with Gasteiger partial charge in [0.2, 0.25) is 0 Å². The number of hydrogen-bond donors (Lipinski definition) is 2. The molecule has 6 nitrogen and oxygen atoms in total. The van der Waals surface area contributed by atoms with Gasteiger partial charge in [-0.25, -0.2) is 5.43 Å². The molecule has 2 aromatic rings. The summed E-state index contributed by atoms with van der Waals surface area (Å²) in [5.74, 6) is -0.877. The molecule has 0 heterocycles. The van der Waals surface area contributed by atoms with Crippen LogP contribution in [-0.4, -0.2) is 25.1 Å². The predicted molar refractivity (Wildman–Crippen MR) is 87.0 cm³/mol. The lowest BCUT2D eigenvalue weighted by Crippen LogP contribution is -2.37. The van der Waals surface area contributed by atoms with E-state index in [2.05, 4.69) is 15.8 Å². The molecule has 2 aromatic carbocycles. The molecule has 6 heteroatoms. The van der Waals surface area contributed by atoms with Crippen molar-refractivity contribution in [2.75, 3.05) is 7.11 Å². The molecule has 0 saturated carbocycles. The van der Waals surface area contributed by atoms with E-state index in [9.17, 15) is 9.59 Å². The molecule has 0 saturated heterocycles. The van der Waals surface area contributed by atoms with E-state index in [4.69, 9.17) is 4.74 Å². The molecule has 2 N–H and O–H groups in total. The Balaban J connectivity index is 1.81. The van der Waals surface area contributed by atoms with E-state index in [1.165, 1.54) is 6.21 Å². The average molecular weight is 311 g/mol. The summed E-state index contributed by atoms with van der Waals surface area (Å²) < 4.78 is 5.08. The number of ether oxygens (including phenoxy) is 1. The largest absolute Gasteiger partial charge is 0.497 e. The van der Waals surface area contributed by atoms with Crippen molar-refractivity contribution in [2.24, 2.45) is 5.10 Å². The van der Waals surface area contributed by atoms with Gasteiger partial charge in [-0.1, -0.05) is 42.5 Å². The standard InChI is InChI=1S/C17H17N3O3/c1-23-15-9-5-8-14(10-15)12-19-20-17(22)16(21)18-11-13-6-3-2-4-7-13/h2-10,12H,11H2,1H3,(H,18,21)(H,20,22)/b19-12-. The van der Waals surface area contributed by atoms with Gasteiger partial charge in [-0.3, -0.25) is 9.59 Å². The van der Waals surface area contributed by atoms with Crippen LogP contribution in [0.2, 0.25) is 0 Å². The van der Waals surface area contributed by atoms with Gasteiger partial charge in [-0.2, -0.15) is 5.10 Å². The summed E-state index contributed by atoms with van der Waals surface area (Å²) in [7, 11) is 1.56. The molecule has 2 rings (SSSR count). The molecule has 0 unspecified atom stereocenters. The lowest BCUT2D eigenvalue weighted by molar-refractivity contribution is -0.139. The average Bonchev–Trinajstić information content (AvgIpc) is 2.60. The van der Waals surface area contributed by atoms with E-state index >= 15 is 0 Å². The van der Waals surface area contributed by atoms with Crippen molar-refractivity contribution >= 4 is 18.0 Å². The van der Waals surface area contributed by atoms with Crippen molar-refractivity contribution in [1.82, 2.24) is 10.7 Å². The van der Waals surface area contributed by atoms with E-state index in [1.807, 2.05) is 30.3 Å². The second-order valence-corrected chi connectivity index (χ2v) is 4.64. The maximum atomic E-state index is 11.6. The summed E-state index contributed by atoms with van der Waals surface area (Å²) in [5.41, 5.74) is 3.84. The van der Waals surface area contributed by atoms with Crippen molar-refractivity contribution in [3.05, 3.63) is 65.7 Å². The van der Waals surface area contributed by atoms with E-state index in [0.717, 1.165) is 11.1 Å². The molecular formula is C17H17N3O3. The summed E-state index contributed by atoms with van der Waals surface area (Å²) in [4.78, 5) is 23.3. The SMILES string of the molecule is COc1cccc(/C=N\NC(=O)C(=O)NCc2ccccc2)c1. The highest BCUT2D eigenvalue weighted by Gasteiger charge is 2.11. The van der Waals surface area contributed by atoms with Gasteiger partial charge in [0, 0.05) is 6.54 Å². The van der Waals surface area contributed by atoms with Crippen molar-refractivity contribution in [2.45, 2.75) is 6.54 Å². The summed E-state index contributed by atoms with van der Waals surface area (Å²) in [6.45, 7) is 0.284. The Hall–Kier alpha value is -3.15. The van der Waals surface area contributed by atoms with Crippen LogP contribution in [0.3, 0.4) is 0 Å². The molecule has 0 bridgehead atoms. The summed E-state index contributed by atoms with van der Waals surface area (Å²) in [6, 6.07) is 16.5. The monoisotopic (exact) mass is 311 g/mol.